The van der Waals surface area contributed by atoms with Crippen LogP contribution < -0.4 is 21.5 Å². The Labute approximate surface area is 212 Å². The number of hydrogen-bond acceptors (Lipinski definition) is 5. The van der Waals surface area contributed by atoms with Crippen molar-refractivity contribution in [2.75, 3.05) is 5.32 Å². The SMILES string of the molecule is O=C(Nc1ccccc1C(=O)NC(Cc1ccccc1)C(=O)NNC(=O)c1ccco1)c1ccccc1. The van der Waals surface area contributed by atoms with Crippen LogP contribution in [0.4, 0.5) is 5.69 Å². The fourth-order valence-electron chi connectivity index (χ4n) is 3.54. The summed E-state index contributed by atoms with van der Waals surface area (Å²) in [5.41, 5.74) is 6.31. The second-order valence-corrected chi connectivity index (χ2v) is 8.00. The van der Waals surface area contributed by atoms with E-state index in [1.807, 2.05) is 30.3 Å². The highest BCUT2D eigenvalue weighted by atomic mass is 16.3. The predicted octanol–water partition coefficient (Wildman–Crippen LogP) is 3.33. The molecule has 3 aromatic carbocycles. The number of amides is 4. The van der Waals surface area contributed by atoms with Gasteiger partial charge < -0.3 is 15.1 Å². The van der Waals surface area contributed by atoms with E-state index >= 15 is 0 Å². The van der Waals surface area contributed by atoms with Gasteiger partial charge in [0, 0.05) is 12.0 Å². The van der Waals surface area contributed by atoms with Crippen molar-refractivity contribution in [2.45, 2.75) is 12.5 Å². The quantitative estimate of drug-likeness (QED) is 0.278. The number of rotatable bonds is 8. The molecule has 4 rings (SSSR count). The molecular formula is C28H24N4O5. The zero-order chi connectivity index (χ0) is 26.0. The van der Waals surface area contributed by atoms with Gasteiger partial charge >= 0.3 is 5.91 Å². The van der Waals surface area contributed by atoms with E-state index in [9.17, 15) is 19.2 Å². The van der Waals surface area contributed by atoms with E-state index in [1.165, 1.54) is 12.3 Å². The van der Waals surface area contributed by atoms with E-state index < -0.39 is 23.8 Å². The van der Waals surface area contributed by atoms with Crippen molar-refractivity contribution in [2.24, 2.45) is 0 Å². The molecule has 186 valence electrons. The van der Waals surface area contributed by atoms with E-state index in [1.54, 1.807) is 60.7 Å². The first kappa shape index (κ1) is 24.9. The van der Waals surface area contributed by atoms with Gasteiger partial charge in [-0.2, -0.15) is 0 Å². The normalized spacial score (nSPS) is 11.1. The van der Waals surface area contributed by atoms with Crippen LogP contribution in [0.3, 0.4) is 0 Å². The summed E-state index contributed by atoms with van der Waals surface area (Å²) in [5, 5.41) is 5.46. The molecule has 4 N–H and O–H groups in total. The van der Waals surface area contributed by atoms with Gasteiger partial charge in [0.25, 0.3) is 17.7 Å². The molecule has 0 aliphatic rings. The Morgan fingerprint density at radius 1 is 0.676 bits per heavy atom. The summed E-state index contributed by atoms with van der Waals surface area (Å²) in [4.78, 5) is 51.1. The second kappa shape index (κ2) is 12.0. The van der Waals surface area contributed by atoms with Gasteiger partial charge in [-0.1, -0.05) is 60.7 Å². The first-order chi connectivity index (χ1) is 18.0. The van der Waals surface area contributed by atoms with Crippen molar-refractivity contribution in [1.29, 1.82) is 0 Å². The average molecular weight is 497 g/mol. The van der Waals surface area contributed by atoms with Crippen LogP contribution in [0, 0.1) is 0 Å². The van der Waals surface area contributed by atoms with Crippen molar-refractivity contribution < 1.29 is 23.6 Å². The van der Waals surface area contributed by atoms with Gasteiger partial charge in [-0.15, -0.1) is 0 Å². The highest BCUT2D eigenvalue weighted by Gasteiger charge is 2.24. The maximum Gasteiger partial charge on any atom is 0.305 e. The minimum Gasteiger partial charge on any atom is -0.459 e. The zero-order valence-corrected chi connectivity index (χ0v) is 19.6. The third-order valence-corrected chi connectivity index (χ3v) is 5.40. The molecule has 0 fully saturated rings. The van der Waals surface area contributed by atoms with Crippen LogP contribution in [0.1, 0.15) is 36.8 Å². The highest BCUT2D eigenvalue weighted by Crippen LogP contribution is 2.17. The Balaban J connectivity index is 1.49. The summed E-state index contributed by atoms with van der Waals surface area (Å²) in [6.07, 6.45) is 1.50. The lowest BCUT2D eigenvalue weighted by Gasteiger charge is -2.20. The maximum absolute atomic E-state index is 13.3. The predicted molar refractivity (Wildman–Crippen MR) is 137 cm³/mol. The topological polar surface area (TPSA) is 130 Å². The molecule has 1 atom stereocenters. The number of hydrogen-bond donors (Lipinski definition) is 4. The number of para-hydroxylation sites is 1. The molecule has 0 aliphatic heterocycles. The smallest absolute Gasteiger partial charge is 0.305 e. The number of carbonyl (C=O) groups excluding carboxylic acids is 4. The summed E-state index contributed by atoms with van der Waals surface area (Å²) >= 11 is 0. The van der Waals surface area contributed by atoms with Gasteiger partial charge in [-0.3, -0.25) is 30.0 Å². The Kier molecular flexibility index (Phi) is 8.07. The number of carbonyl (C=O) groups is 4. The summed E-state index contributed by atoms with van der Waals surface area (Å²) in [6.45, 7) is 0. The van der Waals surface area contributed by atoms with Crippen LogP contribution in [0.25, 0.3) is 0 Å². The first-order valence-corrected chi connectivity index (χ1v) is 11.4. The Bertz CT molecular complexity index is 1370. The number of nitrogens with one attached hydrogen (secondary N) is 4. The van der Waals surface area contributed by atoms with Gasteiger partial charge in [0.2, 0.25) is 0 Å². The number of hydrazine groups is 1. The van der Waals surface area contributed by atoms with Crippen LogP contribution in [0.2, 0.25) is 0 Å². The summed E-state index contributed by atoms with van der Waals surface area (Å²) in [7, 11) is 0. The third-order valence-electron chi connectivity index (χ3n) is 5.40. The average Bonchev–Trinajstić information content (AvgIpc) is 3.48. The van der Waals surface area contributed by atoms with Crippen LogP contribution >= 0.6 is 0 Å². The fraction of sp³-hybridized carbons (Fsp3) is 0.0714. The molecule has 4 amide bonds. The van der Waals surface area contributed by atoms with Crippen LogP contribution in [-0.2, 0) is 11.2 Å². The molecule has 9 heteroatoms. The molecule has 0 saturated carbocycles. The molecule has 37 heavy (non-hydrogen) atoms. The first-order valence-electron chi connectivity index (χ1n) is 11.4. The van der Waals surface area contributed by atoms with Gasteiger partial charge in [0.15, 0.2) is 5.76 Å². The molecule has 1 heterocycles. The lowest BCUT2D eigenvalue weighted by molar-refractivity contribution is -0.123. The Morgan fingerprint density at radius 3 is 2.05 bits per heavy atom. The molecule has 0 saturated heterocycles. The fourth-order valence-corrected chi connectivity index (χ4v) is 3.54. The number of benzene rings is 3. The molecule has 0 radical (unpaired) electrons. The summed E-state index contributed by atoms with van der Waals surface area (Å²) < 4.78 is 5.02. The van der Waals surface area contributed by atoms with Gasteiger partial charge in [0.1, 0.15) is 6.04 Å². The summed E-state index contributed by atoms with van der Waals surface area (Å²) in [5.74, 6) is -2.20. The lowest BCUT2D eigenvalue weighted by Crippen LogP contribution is -2.53. The Hall–Kier alpha value is -5.18. The molecule has 0 bridgehead atoms. The zero-order valence-electron chi connectivity index (χ0n) is 19.6. The van der Waals surface area contributed by atoms with Crippen LogP contribution in [-0.4, -0.2) is 29.7 Å². The lowest BCUT2D eigenvalue weighted by atomic mass is 10.0. The molecule has 1 unspecified atom stereocenters. The minimum absolute atomic E-state index is 0.0204. The molecule has 1 aromatic heterocycles. The van der Waals surface area contributed by atoms with E-state index in [2.05, 4.69) is 21.5 Å². The standard InChI is InChI=1S/C28H24N4O5/c33-25(20-12-5-2-6-13-20)29-22-15-8-7-14-21(22)26(34)30-23(18-19-10-3-1-4-11-19)27(35)31-32-28(36)24-16-9-17-37-24/h1-17,23H,18H2,(H,29,33)(H,30,34)(H,31,35)(H,32,36). The molecule has 4 aromatic rings. The third kappa shape index (κ3) is 6.70. The van der Waals surface area contributed by atoms with Gasteiger partial charge in [-0.05, 0) is 42.0 Å². The monoisotopic (exact) mass is 496 g/mol. The second-order valence-electron chi connectivity index (χ2n) is 8.00. The van der Waals surface area contributed by atoms with Gasteiger partial charge in [-0.25, -0.2) is 0 Å². The number of anilines is 1. The van der Waals surface area contributed by atoms with Crippen molar-refractivity contribution >= 4 is 29.3 Å². The largest absolute Gasteiger partial charge is 0.459 e. The van der Waals surface area contributed by atoms with Gasteiger partial charge in [0.05, 0.1) is 17.5 Å². The van der Waals surface area contributed by atoms with E-state index in [0.29, 0.717) is 11.3 Å². The van der Waals surface area contributed by atoms with Crippen molar-refractivity contribution in [3.05, 3.63) is 126 Å². The molecule has 0 aliphatic carbocycles. The minimum atomic E-state index is -1.04. The van der Waals surface area contributed by atoms with E-state index in [-0.39, 0.29) is 23.7 Å². The molecule has 9 nitrogen and oxygen atoms in total. The van der Waals surface area contributed by atoms with Crippen molar-refractivity contribution in [3.63, 3.8) is 0 Å². The van der Waals surface area contributed by atoms with E-state index in [4.69, 9.17) is 4.42 Å². The molecule has 0 spiro atoms. The number of furan rings is 1. The van der Waals surface area contributed by atoms with Crippen LogP contribution in [0.5, 0.6) is 0 Å². The highest BCUT2D eigenvalue weighted by molar-refractivity contribution is 6.09. The van der Waals surface area contributed by atoms with Crippen LogP contribution in [0.15, 0.2) is 108 Å². The van der Waals surface area contributed by atoms with Crippen molar-refractivity contribution in [1.82, 2.24) is 16.2 Å². The van der Waals surface area contributed by atoms with Crippen molar-refractivity contribution in [3.8, 4) is 0 Å². The maximum atomic E-state index is 13.3. The molecular weight excluding hydrogens is 472 g/mol. The summed E-state index contributed by atoms with van der Waals surface area (Å²) in [6, 6.07) is 26.2. The van der Waals surface area contributed by atoms with E-state index in [0.717, 1.165) is 5.56 Å². The Morgan fingerprint density at radius 2 is 1.35 bits per heavy atom.